The van der Waals surface area contributed by atoms with E-state index in [0.29, 0.717) is 22.3 Å². The number of carbonyl (C=O) groups is 1. The quantitative estimate of drug-likeness (QED) is 0.367. The van der Waals surface area contributed by atoms with Crippen molar-refractivity contribution in [3.05, 3.63) is 94.5 Å². The number of aromatic nitrogens is 3. The van der Waals surface area contributed by atoms with E-state index in [0.717, 1.165) is 15.6 Å². The van der Waals surface area contributed by atoms with Crippen molar-refractivity contribution in [1.82, 2.24) is 14.9 Å². The molecule has 2 heterocycles. The van der Waals surface area contributed by atoms with E-state index in [1.807, 2.05) is 83.5 Å². The van der Waals surface area contributed by atoms with Gasteiger partial charge in [0.15, 0.2) is 11.6 Å². The van der Waals surface area contributed by atoms with Crippen LogP contribution in [0.1, 0.15) is 22.0 Å². The van der Waals surface area contributed by atoms with Crippen LogP contribution in [0.4, 0.5) is 0 Å². The van der Waals surface area contributed by atoms with E-state index in [2.05, 4.69) is 31.6 Å². The van der Waals surface area contributed by atoms with E-state index in [1.54, 1.807) is 7.11 Å². The molecule has 0 fully saturated rings. The van der Waals surface area contributed by atoms with Crippen LogP contribution < -0.4 is 10.2 Å². The minimum atomic E-state index is -0.402. The van der Waals surface area contributed by atoms with E-state index >= 15 is 0 Å². The Labute approximate surface area is 198 Å². The Bertz CT molecular complexity index is 1260. The van der Waals surface area contributed by atoms with Crippen LogP contribution in [0, 0.1) is 0 Å². The maximum Gasteiger partial charge on any atom is 0.211 e. The predicted octanol–water partition coefficient (Wildman–Crippen LogP) is 5.36. The number of fused-ring (bicyclic) bond motifs is 1. The summed E-state index contributed by atoms with van der Waals surface area (Å²) in [6.07, 6.45) is 0. The van der Waals surface area contributed by atoms with E-state index in [-0.39, 0.29) is 11.8 Å². The molecule has 6 nitrogen and oxygen atoms in total. The van der Waals surface area contributed by atoms with Gasteiger partial charge in [0.1, 0.15) is 11.0 Å². The molecule has 1 aliphatic heterocycles. The largest absolute Gasteiger partial charge is 0.496 e. The van der Waals surface area contributed by atoms with E-state index < -0.39 is 5.25 Å². The molecule has 1 N–H and O–H groups in total. The van der Waals surface area contributed by atoms with Gasteiger partial charge in [-0.25, -0.2) is 4.68 Å². The van der Waals surface area contributed by atoms with Crippen LogP contribution in [0.3, 0.4) is 0 Å². The number of nitrogens with zero attached hydrogens (tertiary/aromatic N) is 3. The molecule has 0 radical (unpaired) electrons. The summed E-state index contributed by atoms with van der Waals surface area (Å²) in [5, 5.41) is 9.02. The first-order valence-corrected chi connectivity index (χ1v) is 11.7. The zero-order valence-corrected chi connectivity index (χ0v) is 19.5. The molecule has 0 aliphatic carbocycles. The van der Waals surface area contributed by atoms with Gasteiger partial charge in [0, 0.05) is 10.0 Å². The molecule has 0 spiro atoms. The maximum atomic E-state index is 13.5. The summed E-state index contributed by atoms with van der Waals surface area (Å²) in [5.41, 5.74) is 6.01. The van der Waals surface area contributed by atoms with Gasteiger partial charge < -0.3 is 10.2 Å². The second kappa shape index (κ2) is 8.80. The van der Waals surface area contributed by atoms with Crippen LogP contribution in [-0.2, 0) is 0 Å². The molecule has 0 saturated carbocycles. The average Bonchev–Trinajstić information content (AvgIpc) is 3.26. The number of hydrogen-bond acceptors (Lipinski definition) is 6. The summed E-state index contributed by atoms with van der Waals surface area (Å²) in [6.45, 7) is 0. The second-order valence-corrected chi connectivity index (χ2v) is 9.29. The molecule has 32 heavy (non-hydrogen) atoms. The molecule has 0 bridgehead atoms. The zero-order valence-electron chi connectivity index (χ0n) is 17.1. The average molecular weight is 507 g/mol. The Morgan fingerprint density at radius 3 is 2.47 bits per heavy atom. The van der Waals surface area contributed by atoms with Crippen molar-refractivity contribution in [2.24, 2.45) is 0 Å². The molecule has 0 saturated heterocycles. The SMILES string of the molecule is COc1ccccc1-c1nnc2n1NC(c1ccc(Br)cc1)C(C(=O)c1ccccc1)S2. The lowest BCUT2D eigenvalue weighted by Crippen LogP contribution is -2.39. The third-order valence-electron chi connectivity index (χ3n) is 5.33. The van der Waals surface area contributed by atoms with Crippen molar-refractivity contribution in [2.45, 2.75) is 16.4 Å². The lowest BCUT2D eigenvalue weighted by molar-refractivity contribution is 0.0980. The fourth-order valence-corrected chi connectivity index (χ4v) is 5.17. The van der Waals surface area contributed by atoms with Crippen LogP contribution in [0.25, 0.3) is 11.4 Å². The number of rotatable bonds is 5. The van der Waals surface area contributed by atoms with Crippen LogP contribution in [0.2, 0.25) is 0 Å². The topological polar surface area (TPSA) is 69.0 Å². The van der Waals surface area contributed by atoms with Gasteiger partial charge in [-0.2, -0.15) is 0 Å². The van der Waals surface area contributed by atoms with Gasteiger partial charge in [-0.3, -0.25) is 4.79 Å². The molecule has 4 aromatic rings. The molecule has 1 aromatic heterocycles. The molecular formula is C24H19BrN4O2S. The standard InChI is InChI=1S/C24H19BrN4O2S/c1-31-19-10-6-5-9-18(19)23-26-27-24-29(23)28-20(15-11-13-17(25)14-12-15)22(32-24)21(30)16-7-3-2-4-8-16/h2-14,20,22,28H,1H3. The number of hydrogen-bond donors (Lipinski definition) is 1. The van der Waals surface area contributed by atoms with Crippen LogP contribution in [0.15, 0.2) is 88.5 Å². The monoisotopic (exact) mass is 506 g/mol. The summed E-state index contributed by atoms with van der Waals surface area (Å²) in [4.78, 5) is 13.5. The first-order valence-electron chi connectivity index (χ1n) is 10.0. The van der Waals surface area contributed by atoms with Crippen molar-refractivity contribution in [2.75, 3.05) is 12.5 Å². The minimum Gasteiger partial charge on any atom is -0.496 e. The first kappa shape index (κ1) is 20.8. The number of methoxy groups -OCH3 is 1. The first-order chi connectivity index (χ1) is 15.7. The second-order valence-electron chi connectivity index (χ2n) is 7.27. The summed E-state index contributed by atoms with van der Waals surface area (Å²) in [5.74, 6) is 1.39. The fraction of sp³-hybridized carbons (Fsp3) is 0.125. The summed E-state index contributed by atoms with van der Waals surface area (Å²) in [6, 6.07) is 24.8. The number of para-hydroxylation sites is 1. The fourth-order valence-electron chi connectivity index (χ4n) is 3.75. The number of benzene rings is 3. The third kappa shape index (κ3) is 3.80. The number of halogens is 1. The number of thioether (sulfide) groups is 1. The Hall–Kier alpha value is -3.10. The number of ether oxygens (including phenoxy) is 1. The van der Waals surface area contributed by atoms with Crippen molar-refractivity contribution < 1.29 is 9.53 Å². The minimum absolute atomic E-state index is 0.0455. The highest BCUT2D eigenvalue weighted by molar-refractivity contribution is 9.10. The lowest BCUT2D eigenvalue weighted by atomic mass is 9.97. The highest BCUT2D eigenvalue weighted by Gasteiger charge is 2.38. The van der Waals surface area contributed by atoms with Gasteiger partial charge in [0.2, 0.25) is 5.16 Å². The van der Waals surface area contributed by atoms with Crippen LogP contribution in [0.5, 0.6) is 5.75 Å². The van der Waals surface area contributed by atoms with Crippen LogP contribution >= 0.6 is 27.7 Å². The number of nitrogens with one attached hydrogen (secondary N) is 1. The van der Waals surface area contributed by atoms with Crippen LogP contribution in [-0.4, -0.2) is 33.0 Å². The van der Waals surface area contributed by atoms with Gasteiger partial charge in [-0.1, -0.05) is 82.3 Å². The predicted molar refractivity (Wildman–Crippen MR) is 129 cm³/mol. The Balaban J connectivity index is 1.59. The molecule has 160 valence electrons. The van der Waals surface area contributed by atoms with Gasteiger partial charge >= 0.3 is 0 Å². The number of Topliss-reactive ketones (excluding diaryl/α,β-unsaturated/α-hetero) is 1. The highest BCUT2D eigenvalue weighted by Crippen LogP contribution is 2.41. The molecule has 8 heteroatoms. The van der Waals surface area contributed by atoms with E-state index in [4.69, 9.17) is 4.74 Å². The normalized spacial score (nSPS) is 17.3. The molecule has 5 rings (SSSR count). The van der Waals surface area contributed by atoms with E-state index in [9.17, 15) is 4.79 Å². The molecule has 2 unspecified atom stereocenters. The third-order valence-corrected chi connectivity index (χ3v) is 7.07. The number of ketones is 1. The summed E-state index contributed by atoms with van der Waals surface area (Å²) >= 11 is 4.92. The Morgan fingerprint density at radius 1 is 1.00 bits per heavy atom. The highest BCUT2D eigenvalue weighted by atomic mass is 79.9. The van der Waals surface area contributed by atoms with Crippen molar-refractivity contribution in [3.8, 4) is 17.1 Å². The van der Waals surface area contributed by atoms with Crippen molar-refractivity contribution >= 4 is 33.5 Å². The number of carbonyl (C=O) groups excluding carboxylic acids is 1. The molecular weight excluding hydrogens is 488 g/mol. The summed E-state index contributed by atoms with van der Waals surface area (Å²) < 4.78 is 8.36. The van der Waals surface area contributed by atoms with Gasteiger partial charge in [-0.15, -0.1) is 10.2 Å². The van der Waals surface area contributed by atoms with Crippen molar-refractivity contribution in [1.29, 1.82) is 0 Å². The zero-order chi connectivity index (χ0) is 22.1. The molecule has 2 atom stereocenters. The molecule has 1 aliphatic rings. The molecule has 3 aromatic carbocycles. The van der Waals surface area contributed by atoms with Gasteiger partial charge in [0.05, 0.1) is 18.7 Å². The van der Waals surface area contributed by atoms with Gasteiger partial charge in [0.25, 0.3) is 0 Å². The Kier molecular flexibility index (Phi) is 5.71. The summed E-state index contributed by atoms with van der Waals surface area (Å²) in [7, 11) is 1.63. The van der Waals surface area contributed by atoms with Crippen molar-refractivity contribution in [3.63, 3.8) is 0 Å². The lowest BCUT2D eigenvalue weighted by Gasteiger charge is -2.33. The molecule has 0 amide bonds. The maximum absolute atomic E-state index is 13.5. The van der Waals surface area contributed by atoms with Gasteiger partial charge in [-0.05, 0) is 29.8 Å². The smallest absolute Gasteiger partial charge is 0.211 e. The van der Waals surface area contributed by atoms with E-state index in [1.165, 1.54) is 11.8 Å². The Morgan fingerprint density at radius 2 is 1.72 bits per heavy atom.